The number of nitrogens with zero attached hydrogens (tertiary/aromatic N) is 2. The smallest absolute Gasteiger partial charge is 0.341 e. The zero-order valence-corrected chi connectivity index (χ0v) is 20.1. The number of rotatable bonds is 6. The first-order valence-corrected chi connectivity index (χ1v) is 10.4. The molecule has 0 radical (unpaired) electrons. The highest BCUT2D eigenvalue weighted by molar-refractivity contribution is 5.89. The van der Waals surface area contributed by atoms with Gasteiger partial charge in [0.05, 0.1) is 5.69 Å². The van der Waals surface area contributed by atoms with Crippen molar-refractivity contribution in [2.45, 2.75) is 32.4 Å². The minimum Gasteiger partial charge on any atom is -0.477 e. The highest BCUT2D eigenvalue weighted by Gasteiger charge is 2.22. The largest absolute Gasteiger partial charge is 0.477 e. The molecule has 1 aliphatic heterocycles. The van der Waals surface area contributed by atoms with E-state index in [1.54, 1.807) is 0 Å². The number of halogens is 2. The molecular formula is C23H30Cl2N4O3. The zero-order chi connectivity index (χ0) is 21.4. The summed E-state index contributed by atoms with van der Waals surface area (Å²) in [5.41, 5.74) is 4.00. The molecule has 1 fully saturated rings. The van der Waals surface area contributed by atoms with Gasteiger partial charge in [0.15, 0.2) is 0 Å². The van der Waals surface area contributed by atoms with Gasteiger partial charge < -0.3 is 20.0 Å². The summed E-state index contributed by atoms with van der Waals surface area (Å²) in [6, 6.07) is 10.4. The van der Waals surface area contributed by atoms with Crippen molar-refractivity contribution in [3.8, 4) is 11.3 Å². The minimum absolute atomic E-state index is 0. The molecular weight excluding hydrogens is 451 g/mol. The number of aromatic nitrogens is 2. The number of pyridine rings is 1. The summed E-state index contributed by atoms with van der Waals surface area (Å²) >= 11 is 0. The molecule has 3 heterocycles. The van der Waals surface area contributed by atoms with Gasteiger partial charge in [-0.3, -0.25) is 9.69 Å². The lowest BCUT2D eigenvalue weighted by atomic mass is 10.0. The van der Waals surface area contributed by atoms with Crippen molar-refractivity contribution >= 4 is 41.7 Å². The number of carbonyl (C=O) groups is 1. The first-order chi connectivity index (χ1) is 14.4. The Morgan fingerprint density at radius 2 is 2.00 bits per heavy atom. The van der Waals surface area contributed by atoms with Crippen molar-refractivity contribution in [2.75, 3.05) is 20.1 Å². The third-order valence-corrected chi connectivity index (χ3v) is 6.23. The summed E-state index contributed by atoms with van der Waals surface area (Å²) in [6.45, 7) is 5.01. The zero-order valence-electron chi connectivity index (χ0n) is 18.5. The molecule has 32 heavy (non-hydrogen) atoms. The molecule has 0 aliphatic carbocycles. The van der Waals surface area contributed by atoms with Gasteiger partial charge in [0, 0.05) is 49.3 Å². The first-order valence-electron chi connectivity index (χ1n) is 10.4. The number of carboxylic acid groups (broad SMARTS) is 1. The molecule has 1 atom stereocenters. The van der Waals surface area contributed by atoms with Gasteiger partial charge in [-0.25, -0.2) is 4.79 Å². The van der Waals surface area contributed by atoms with E-state index in [4.69, 9.17) is 0 Å². The Morgan fingerprint density at radius 1 is 1.25 bits per heavy atom. The van der Waals surface area contributed by atoms with Crippen LogP contribution in [0.4, 0.5) is 0 Å². The molecule has 0 bridgehead atoms. The summed E-state index contributed by atoms with van der Waals surface area (Å²) in [6.07, 6.45) is 1.80. The third kappa shape index (κ3) is 4.86. The normalized spacial score (nSPS) is 16.0. The second-order valence-electron chi connectivity index (χ2n) is 8.05. The molecule has 2 aromatic heterocycles. The van der Waals surface area contributed by atoms with Gasteiger partial charge in [-0.15, -0.1) is 24.8 Å². The summed E-state index contributed by atoms with van der Waals surface area (Å²) in [5.74, 6) is -1.21. The van der Waals surface area contributed by atoms with Crippen LogP contribution in [0.5, 0.6) is 0 Å². The lowest BCUT2D eigenvalue weighted by Crippen LogP contribution is -2.29. The number of likely N-dealkylation sites (tertiary alicyclic amines) is 1. The highest BCUT2D eigenvalue weighted by atomic mass is 35.5. The van der Waals surface area contributed by atoms with Crippen molar-refractivity contribution in [3.05, 3.63) is 57.5 Å². The molecule has 3 aromatic rings. The van der Waals surface area contributed by atoms with Gasteiger partial charge in [-0.1, -0.05) is 13.0 Å². The monoisotopic (exact) mass is 480 g/mol. The molecule has 174 valence electrons. The summed E-state index contributed by atoms with van der Waals surface area (Å²) in [4.78, 5) is 28.8. The van der Waals surface area contributed by atoms with Crippen LogP contribution in [0.25, 0.3) is 22.2 Å². The molecule has 1 aliphatic rings. The highest BCUT2D eigenvalue weighted by Crippen LogP contribution is 2.28. The molecule has 4 rings (SSSR count). The number of benzene rings is 1. The fourth-order valence-corrected chi connectivity index (χ4v) is 4.42. The van der Waals surface area contributed by atoms with Gasteiger partial charge >= 0.3 is 5.97 Å². The Morgan fingerprint density at radius 3 is 2.62 bits per heavy atom. The van der Waals surface area contributed by atoms with Crippen LogP contribution in [-0.4, -0.2) is 51.7 Å². The number of fused-ring (bicyclic) bond motifs is 1. The van der Waals surface area contributed by atoms with Crippen LogP contribution in [0.1, 0.15) is 35.0 Å². The number of aromatic carboxylic acids is 1. The second-order valence-corrected chi connectivity index (χ2v) is 8.05. The van der Waals surface area contributed by atoms with Crippen molar-refractivity contribution in [3.63, 3.8) is 0 Å². The van der Waals surface area contributed by atoms with E-state index in [1.165, 1.54) is 18.2 Å². The predicted molar refractivity (Wildman–Crippen MR) is 133 cm³/mol. The molecule has 0 spiro atoms. The van der Waals surface area contributed by atoms with Gasteiger partial charge in [-0.2, -0.15) is 0 Å². The molecule has 0 amide bonds. The molecule has 1 aromatic carbocycles. The van der Waals surface area contributed by atoms with Gasteiger partial charge in [-0.05, 0) is 55.3 Å². The molecule has 7 nitrogen and oxygen atoms in total. The van der Waals surface area contributed by atoms with E-state index in [0.717, 1.165) is 41.7 Å². The van der Waals surface area contributed by atoms with Crippen molar-refractivity contribution < 1.29 is 9.90 Å². The maximum atomic E-state index is 12.2. The van der Waals surface area contributed by atoms with E-state index in [9.17, 15) is 14.7 Å². The Hall–Kier alpha value is -2.32. The van der Waals surface area contributed by atoms with Gasteiger partial charge in [0.25, 0.3) is 5.56 Å². The maximum absolute atomic E-state index is 12.2. The standard InChI is InChI=1S/C23H28N4O3.2ClH/c1-4-14-11-19(23(29)30)22(28)25-21(14)15-5-6-20-16(9-15)10-18(26(20)3)13-27-8-7-17(12-27)24-2;;/h5-6,9-11,17,24H,4,7-8,12-13H2,1-3H3,(H,25,28)(H,29,30);2*1H. The lowest BCUT2D eigenvalue weighted by Gasteiger charge is -2.16. The van der Waals surface area contributed by atoms with Gasteiger partial charge in [0.1, 0.15) is 5.56 Å². The van der Waals surface area contributed by atoms with E-state index < -0.39 is 11.5 Å². The van der Waals surface area contributed by atoms with Crippen molar-refractivity contribution in [1.82, 2.24) is 19.8 Å². The van der Waals surface area contributed by atoms with Crippen LogP contribution in [-0.2, 0) is 20.0 Å². The molecule has 1 unspecified atom stereocenters. The summed E-state index contributed by atoms with van der Waals surface area (Å²) < 4.78 is 2.23. The SMILES string of the molecule is CCc1cc(C(=O)O)c(=O)[nH]c1-c1ccc2c(c1)cc(CN1CCC(NC)C1)n2C.Cl.Cl. The fourth-order valence-electron chi connectivity index (χ4n) is 4.42. The number of aryl methyl sites for hydroxylation is 2. The number of H-pyrrole nitrogens is 1. The average Bonchev–Trinajstić information content (AvgIpc) is 3.31. The Labute approximate surface area is 199 Å². The van der Waals surface area contributed by atoms with Crippen molar-refractivity contribution in [1.29, 1.82) is 0 Å². The third-order valence-electron chi connectivity index (χ3n) is 6.23. The predicted octanol–water partition coefficient (Wildman–Crippen LogP) is 3.43. The van der Waals surface area contributed by atoms with Crippen LogP contribution >= 0.6 is 24.8 Å². The molecule has 1 saturated heterocycles. The second kappa shape index (κ2) is 10.5. The van der Waals surface area contributed by atoms with Crippen LogP contribution in [0.3, 0.4) is 0 Å². The van der Waals surface area contributed by atoms with E-state index in [1.807, 2.05) is 20.0 Å². The number of likely N-dealkylation sites (N-methyl/N-ethyl adjacent to an activating group) is 1. The summed E-state index contributed by atoms with van der Waals surface area (Å²) in [5, 5.41) is 13.7. The average molecular weight is 481 g/mol. The van der Waals surface area contributed by atoms with E-state index in [2.05, 4.69) is 45.0 Å². The number of hydrogen-bond donors (Lipinski definition) is 3. The van der Waals surface area contributed by atoms with Crippen LogP contribution in [0, 0.1) is 0 Å². The van der Waals surface area contributed by atoms with Crippen LogP contribution < -0.4 is 10.9 Å². The Balaban J connectivity index is 0.00000181. The maximum Gasteiger partial charge on any atom is 0.341 e. The van der Waals surface area contributed by atoms with E-state index in [-0.39, 0.29) is 30.4 Å². The summed E-state index contributed by atoms with van der Waals surface area (Å²) in [7, 11) is 4.11. The topological polar surface area (TPSA) is 90.4 Å². The number of aromatic amines is 1. The lowest BCUT2D eigenvalue weighted by molar-refractivity contribution is 0.0695. The fraction of sp³-hybridized carbons (Fsp3) is 0.391. The number of hydrogen-bond acceptors (Lipinski definition) is 4. The van der Waals surface area contributed by atoms with Crippen molar-refractivity contribution in [2.24, 2.45) is 7.05 Å². The number of nitrogens with one attached hydrogen (secondary N) is 2. The Bertz CT molecular complexity index is 1170. The van der Waals surface area contributed by atoms with E-state index >= 15 is 0 Å². The molecule has 0 saturated carbocycles. The quantitative estimate of drug-likeness (QED) is 0.502. The van der Waals surface area contributed by atoms with Gasteiger partial charge in [0.2, 0.25) is 0 Å². The van der Waals surface area contributed by atoms with E-state index in [0.29, 0.717) is 18.2 Å². The minimum atomic E-state index is -1.21. The molecule has 9 heteroatoms. The number of carboxylic acids is 1. The van der Waals surface area contributed by atoms with Crippen LogP contribution in [0.15, 0.2) is 35.1 Å². The van der Waals surface area contributed by atoms with Crippen LogP contribution in [0.2, 0.25) is 0 Å². The molecule has 3 N–H and O–H groups in total. The Kier molecular flexibility index (Phi) is 8.54. The first kappa shape index (κ1) is 25.9.